The molecule has 6 N–H and O–H groups in total. The molecule has 0 radical (unpaired) electrons. The normalized spacial score (nSPS) is 15.2. The van der Waals surface area contributed by atoms with Crippen molar-refractivity contribution in [3.05, 3.63) is 0 Å². The van der Waals surface area contributed by atoms with Crippen LogP contribution in [0.2, 0.25) is 0 Å². The molecule has 0 saturated carbocycles. The average molecular weight is 278 g/mol. The van der Waals surface area contributed by atoms with Crippen LogP contribution in [0.1, 0.15) is 26.7 Å². The van der Waals surface area contributed by atoms with Gasteiger partial charge in [0.05, 0.1) is 0 Å². The van der Waals surface area contributed by atoms with E-state index in [0.717, 1.165) is 0 Å². The summed E-state index contributed by atoms with van der Waals surface area (Å²) in [5.74, 6) is 0. The molecule has 0 rings (SSSR count). The van der Waals surface area contributed by atoms with Crippen LogP contribution in [0.15, 0.2) is 0 Å². The Labute approximate surface area is 92.3 Å². The Balaban J connectivity index is 5.93. The van der Waals surface area contributed by atoms with E-state index in [1.807, 2.05) is 0 Å². The van der Waals surface area contributed by atoms with Crippen molar-refractivity contribution in [3.63, 3.8) is 0 Å². The first-order chi connectivity index (χ1) is 6.87. The van der Waals surface area contributed by atoms with Crippen LogP contribution in [0, 0.1) is 0 Å². The zero-order chi connectivity index (χ0) is 13.4. The molecule has 16 heavy (non-hydrogen) atoms. The predicted octanol–water partition coefficient (Wildman–Crippen LogP) is -0.461. The summed E-state index contributed by atoms with van der Waals surface area (Å²) in [6.45, 7) is 2.42. The van der Waals surface area contributed by atoms with Crippen molar-refractivity contribution >= 4 is 15.2 Å². The number of hydrogen-bond acceptors (Lipinski definition) is 4. The van der Waals surface area contributed by atoms with Gasteiger partial charge in [-0.15, -0.1) is 0 Å². The molecule has 0 atom stereocenters. The van der Waals surface area contributed by atoms with Crippen molar-refractivity contribution < 1.29 is 38.9 Å². The van der Waals surface area contributed by atoms with E-state index in [-0.39, 0.29) is 0 Å². The maximum Gasteiger partial charge on any atom is 0.385 e. The van der Waals surface area contributed by atoms with E-state index in [1.54, 1.807) is 0 Å². The van der Waals surface area contributed by atoms with Gasteiger partial charge in [0.25, 0.3) is 5.53 Å². The highest BCUT2D eigenvalue weighted by Gasteiger charge is 2.67. The van der Waals surface area contributed by atoms with Crippen molar-refractivity contribution in [2.75, 3.05) is 0 Å². The Bertz CT molecular complexity index is 334. The third-order valence-corrected chi connectivity index (χ3v) is 6.23. The summed E-state index contributed by atoms with van der Waals surface area (Å²) in [5.41, 5.74) is -3.76. The second-order valence-corrected chi connectivity index (χ2v) is 7.12. The largest absolute Gasteiger partial charge is 0.385 e. The summed E-state index contributed by atoms with van der Waals surface area (Å²) in [6, 6.07) is 0. The second kappa shape index (κ2) is 4.48. The highest BCUT2D eigenvalue weighted by Crippen LogP contribution is 2.67. The standard InChI is InChI=1S/C6H16O8P2/c1-3-5(4-2,15(9,10)11)6(7,8)16(12,13)14/h7-8H,3-4H2,1-2H3,(H2,9,10,11)(H2,12,13,14). The van der Waals surface area contributed by atoms with Crippen LogP contribution >= 0.6 is 15.2 Å². The monoisotopic (exact) mass is 278 g/mol. The maximum atomic E-state index is 11.2. The Morgan fingerprint density at radius 2 is 1.19 bits per heavy atom. The van der Waals surface area contributed by atoms with Gasteiger partial charge in [-0.3, -0.25) is 9.13 Å². The highest BCUT2D eigenvalue weighted by atomic mass is 31.2. The lowest BCUT2D eigenvalue weighted by atomic mass is 10.0. The summed E-state index contributed by atoms with van der Waals surface area (Å²) in [7, 11) is -10.6. The molecule has 0 aromatic carbocycles. The molecular weight excluding hydrogens is 262 g/mol. The lowest BCUT2D eigenvalue weighted by molar-refractivity contribution is -0.139. The van der Waals surface area contributed by atoms with Crippen LogP contribution in [-0.4, -0.2) is 40.5 Å². The molecule has 8 nitrogen and oxygen atoms in total. The second-order valence-electron chi connectivity index (χ2n) is 3.46. The summed E-state index contributed by atoms with van der Waals surface area (Å²) < 4.78 is 22.2. The molecule has 10 heteroatoms. The Morgan fingerprint density at radius 3 is 1.25 bits per heavy atom. The van der Waals surface area contributed by atoms with E-state index < -0.39 is 38.7 Å². The molecule has 0 aliphatic rings. The van der Waals surface area contributed by atoms with Crippen LogP contribution < -0.4 is 0 Å². The van der Waals surface area contributed by atoms with Crippen molar-refractivity contribution in [1.82, 2.24) is 0 Å². The average Bonchev–Trinajstić information content (AvgIpc) is 2.01. The third kappa shape index (κ3) is 2.25. The Kier molecular flexibility index (Phi) is 4.54. The van der Waals surface area contributed by atoms with E-state index in [9.17, 15) is 19.3 Å². The van der Waals surface area contributed by atoms with E-state index in [4.69, 9.17) is 19.6 Å². The van der Waals surface area contributed by atoms with Crippen molar-refractivity contribution in [2.45, 2.75) is 37.4 Å². The van der Waals surface area contributed by atoms with Gasteiger partial charge in [-0.1, -0.05) is 13.8 Å². The Hall–Kier alpha value is 0.220. The number of aliphatic hydroxyl groups is 2. The summed E-state index contributed by atoms with van der Waals surface area (Å²) in [4.78, 5) is 35.7. The molecule has 0 heterocycles. The number of rotatable bonds is 5. The highest BCUT2D eigenvalue weighted by molar-refractivity contribution is 7.58. The maximum absolute atomic E-state index is 11.2. The van der Waals surface area contributed by atoms with Crippen molar-refractivity contribution in [3.8, 4) is 0 Å². The van der Waals surface area contributed by atoms with Gasteiger partial charge in [-0.05, 0) is 12.8 Å². The first-order valence-electron chi connectivity index (χ1n) is 4.43. The minimum Gasteiger partial charge on any atom is -0.355 e. The molecule has 98 valence electrons. The minimum atomic E-state index is -5.50. The molecule has 0 aromatic heterocycles. The van der Waals surface area contributed by atoms with Crippen molar-refractivity contribution in [2.24, 2.45) is 0 Å². The lowest BCUT2D eigenvalue weighted by Gasteiger charge is -2.42. The molecule has 0 aliphatic heterocycles. The molecule has 0 amide bonds. The van der Waals surface area contributed by atoms with Crippen LogP contribution in [0.3, 0.4) is 0 Å². The van der Waals surface area contributed by atoms with Crippen molar-refractivity contribution in [1.29, 1.82) is 0 Å². The van der Waals surface area contributed by atoms with Gasteiger partial charge < -0.3 is 29.8 Å². The fraction of sp³-hybridized carbons (Fsp3) is 1.00. The first kappa shape index (κ1) is 16.2. The zero-order valence-corrected chi connectivity index (χ0v) is 10.6. The van der Waals surface area contributed by atoms with E-state index in [2.05, 4.69) is 0 Å². The van der Waals surface area contributed by atoms with Crippen LogP contribution in [0.4, 0.5) is 0 Å². The smallest absolute Gasteiger partial charge is 0.355 e. The Morgan fingerprint density at radius 1 is 0.875 bits per heavy atom. The molecule has 0 bridgehead atoms. The van der Waals surface area contributed by atoms with E-state index in [0.29, 0.717) is 0 Å². The molecule has 0 fully saturated rings. The van der Waals surface area contributed by atoms with Crippen LogP contribution in [0.25, 0.3) is 0 Å². The van der Waals surface area contributed by atoms with Gasteiger partial charge in [-0.2, -0.15) is 0 Å². The van der Waals surface area contributed by atoms with E-state index >= 15 is 0 Å². The summed E-state index contributed by atoms with van der Waals surface area (Å²) in [6.07, 6.45) is -0.988. The van der Waals surface area contributed by atoms with Gasteiger partial charge in [0.15, 0.2) is 0 Å². The SMILES string of the molecule is CCC(CC)(C(O)(O)P(=O)(O)O)P(=O)(O)O. The van der Waals surface area contributed by atoms with Gasteiger partial charge in [-0.25, -0.2) is 0 Å². The number of hydrogen-bond donors (Lipinski definition) is 6. The van der Waals surface area contributed by atoms with Gasteiger partial charge in [0.2, 0.25) is 0 Å². The van der Waals surface area contributed by atoms with Gasteiger partial charge >= 0.3 is 15.2 Å². The molecule has 0 saturated heterocycles. The lowest BCUT2D eigenvalue weighted by Crippen LogP contribution is -2.52. The quantitative estimate of drug-likeness (QED) is 0.291. The van der Waals surface area contributed by atoms with Crippen LogP contribution in [-0.2, 0) is 9.13 Å². The first-order valence-corrected chi connectivity index (χ1v) is 7.66. The fourth-order valence-electron chi connectivity index (χ4n) is 1.60. The molecule has 0 spiro atoms. The van der Waals surface area contributed by atoms with E-state index in [1.165, 1.54) is 13.8 Å². The molecule has 0 unspecified atom stereocenters. The summed E-state index contributed by atoms with van der Waals surface area (Å²) >= 11 is 0. The zero-order valence-electron chi connectivity index (χ0n) is 8.81. The van der Waals surface area contributed by atoms with Gasteiger partial charge in [0, 0.05) is 0 Å². The third-order valence-electron chi connectivity index (χ3n) is 2.76. The molecule has 0 aromatic rings. The van der Waals surface area contributed by atoms with Gasteiger partial charge in [0.1, 0.15) is 5.16 Å². The minimum absolute atomic E-state index is 0.494. The summed E-state index contributed by atoms with van der Waals surface area (Å²) in [5, 5.41) is 16.2. The van der Waals surface area contributed by atoms with Crippen LogP contribution in [0.5, 0.6) is 0 Å². The predicted molar refractivity (Wildman–Crippen MR) is 54.6 cm³/mol. The molecular formula is C6H16O8P2. The fourth-order valence-corrected chi connectivity index (χ4v) is 4.46. The topological polar surface area (TPSA) is 156 Å². The molecule has 0 aliphatic carbocycles.